The van der Waals surface area contributed by atoms with Gasteiger partial charge >= 0.3 is 0 Å². The zero-order valence-corrected chi connectivity index (χ0v) is 9.98. The van der Waals surface area contributed by atoms with Crippen LogP contribution >= 0.6 is 0 Å². The lowest BCUT2D eigenvalue weighted by atomic mass is 10.2. The molecule has 0 atom stereocenters. The Labute approximate surface area is 101 Å². The van der Waals surface area contributed by atoms with Gasteiger partial charge in [0.25, 0.3) is 0 Å². The maximum absolute atomic E-state index is 5.35. The van der Waals surface area contributed by atoms with E-state index in [0.29, 0.717) is 0 Å². The summed E-state index contributed by atoms with van der Waals surface area (Å²) in [5, 5.41) is 1.31. The van der Waals surface area contributed by atoms with E-state index in [9.17, 15) is 0 Å². The van der Waals surface area contributed by atoms with Gasteiger partial charge in [-0.2, -0.15) is 0 Å². The number of rotatable bonds is 3. The van der Waals surface area contributed by atoms with Crippen molar-refractivity contribution in [1.82, 2.24) is 9.88 Å². The minimum absolute atomic E-state index is 0.882. The number of benzene rings is 1. The number of hydrogen-bond acceptors (Lipinski definition) is 2. The molecule has 1 aliphatic rings. The van der Waals surface area contributed by atoms with Crippen LogP contribution < -0.4 is 0 Å². The van der Waals surface area contributed by atoms with Crippen molar-refractivity contribution in [1.29, 1.82) is 0 Å². The Morgan fingerprint density at radius 1 is 1.18 bits per heavy atom. The highest BCUT2D eigenvalue weighted by atomic mass is 16.5. The van der Waals surface area contributed by atoms with Crippen LogP contribution in [0.25, 0.3) is 10.9 Å². The summed E-state index contributed by atoms with van der Waals surface area (Å²) in [7, 11) is 0. The van der Waals surface area contributed by atoms with Crippen LogP contribution in [0.2, 0.25) is 0 Å². The van der Waals surface area contributed by atoms with Gasteiger partial charge in [0.05, 0.1) is 13.2 Å². The summed E-state index contributed by atoms with van der Waals surface area (Å²) in [6.07, 6.45) is 1.09. The first-order valence-electron chi connectivity index (χ1n) is 6.28. The first-order valence-corrected chi connectivity index (χ1v) is 6.28. The number of H-pyrrole nitrogens is 1. The van der Waals surface area contributed by atoms with Crippen LogP contribution in [0.4, 0.5) is 0 Å². The van der Waals surface area contributed by atoms with Crippen molar-refractivity contribution >= 4 is 10.9 Å². The van der Waals surface area contributed by atoms with Crippen LogP contribution in [0.15, 0.2) is 30.3 Å². The van der Waals surface area contributed by atoms with Crippen molar-refractivity contribution in [2.75, 3.05) is 32.8 Å². The van der Waals surface area contributed by atoms with Gasteiger partial charge in [-0.05, 0) is 17.5 Å². The number of nitrogens with one attached hydrogen (secondary N) is 1. The Hall–Kier alpha value is -1.32. The van der Waals surface area contributed by atoms with Crippen LogP contribution in [-0.4, -0.2) is 42.7 Å². The third kappa shape index (κ3) is 2.51. The molecule has 3 nitrogen and oxygen atoms in total. The monoisotopic (exact) mass is 230 g/mol. The average Bonchev–Trinajstić information content (AvgIpc) is 2.80. The maximum atomic E-state index is 5.35. The summed E-state index contributed by atoms with van der Waals surface area (Å²) < 4.78 is 5.35. The van der Waals surface area contributed by atoms with Crippen LogP contribution in [0.5, 0.6) is 0 Å². The Bertz CT molecular complexity index is 453. The molecule has 0 unspecified atom stereocenters. The van der Waals surface area contributed by atoms with E-state index < -0.39 is 0 Å². The maximum Gasteiger partial charge on any atom is 0.0594 e. The number of aromatic nitrogens is 1. The number of morpholine rings is 1. The van der Waals surface area contributed by atoms with E-state index in [0.717, 1.165) is 39.3 Å². The van der Waals surface area contributed by atoms with Crippen molar-refractivity contribution in [3.8, 4) is 0 Å². The van der Waals surface area contributed by atoms with Gasteiger partial charge in [0.2, 0.25) is 0 Å². The van der Waals surface area contributed by atoms with E-state index in [1.807, 2.05) is 0 Å². The van der Waals surface area contributed by atoms with Gasteiger partial charge in [0, 0.05) is 37.3 Å². The zero-order chi connectivity index (χ0) is 11.5. The average molecular weight is 230 g/mol. The summed E-state index contributed by atoms with van der Waals surface area (Å²) in [4.78, 5) is 5.94. The largest absolute Gasteiger partial charge is 0.379 e. The summed E-state index contributed by atoms with van der Waals surface area (Å²) >= 11 is 0. The molecule has 1 saturated heterocycles. The molecule has 0 bridgehead atoms. The quantitative estimate of drug-likeness (QED) is 0.874. The zero-order valence-electron chi connectivity index (χ0n) is 9.98. The Morgan fingerprint density at radius 3 is 2.82 bits per heavy atom. The van der Waals surface area contributed by atoms with Crippen LogP contribution in [-0.2, 0) is 11.2 Å². The smallest absolute Gasteiger partial charge is 0.0594 e. The number of ether oxygens (including phenoxy) is 1. The van der Waals surface area contributed by atoms with Gasteiger partial charge in [-0.3, -0.25) is 4.90 Å². The van der Waals surface area contributed by atoms with E-state index in [1.165, 1.54) is 16.6 Å². The standard InChI is InChI=1S/C14H18N2O/c1-2-4-14-12(3-1)11-13(15-14)5-6-16-7-9-17-10-8-16/h1-4,11,15H,5-10H2. The van der Waals surface area contributed by atoms with E-state index in [-0.39, 0.29) is 0 Å². The summed E-state index contributed by atoms with van der Waals surface area (Å²) in [6, 6.07) is 10.7. The lowest BCUT2D eigenvalue weighted by Gasteiger charge is -2.26. The predicted octanol–water partition coefficient (Wildman–Crippen LogP) is 2.04. The molecule has 3 heteroatoms. The SMILES string of the molecule is c1ccc2[nH]c(CCN3CCOCC3)cc2c1. The molecule has 1 fully saturated rings. The van der Waals surface area contributed by atoms with Crippen LogP contribution in [0, 0.1) is 0 Å². The fourth-order valence-corrected chi connectivity index (χ4v) is 2.37. The molecule has 2 aromatic rings. The molecule has 1 aromatic carbocycles. The normalized spacial score (nSPS) is 17.6. The molecular weight excluding hydrogens is 212 g/mol. The molecule has 0 aliphatic carbocycles. The Balaban J connectivity index is 1.64. The summed E-state index contributed by atoms with van der Waals surface area (Å²) in [5.41, 5.74) is 2.57. The Kier molecular flexibility index (Phi) is 3.12. The summed E-state index contributed by atoms with van der Waals surface area (Å²) in [5.74, 6) is 0. The van der Waals surface area contributed by atoms with E-state index in [1.54, 1.807) is 0 Å². The van der Waals surface area contributed by atoms with Gasteiger partial charge in [-0.1, -0.05) is 18.2 Å². The van der Waals surface area contributed by atoms with Gasteiger partial charge in [-0.25, -0.2) is 0 Å². The fraction of sp³-hybridized carbons (Fsp3) is 0.429. The molecule has 90 valence electrons. The molecule has 1 aromatic heterocycles. The van der Waals surface area contributed by atoms with Gasteiger partial charge in [0.1, 0.15) is 0 Å². The van der Waals surface area contributed by atoms with Crippen molar-refractivity contribution in [3.63, 3.8) is 0 Å². The highest BCUT2D eigenvalue weighted by Crippen LogP contribution is 2.15. The van der Waals surface area contributed by atoms with Gasteiger partial charge < -0.3 is 9.72 Å². The molecule has 3 rings (SSSR count). The molecular formula is C14H18N2O. The highest BCUT2D eigenvalue weighted by Gasteiger charge is 2.10. The first kappa shape index (κ1) is 10.8. The second-order valence-corrected chi connectivity index (χ2v) is 4.59. The molecule has 0 spiro atoms. The minimum atomic E-state index is 0.882. The lowest BCUT2D eigenvalue weighted by Crippen LogP contribution is -2.37. The first-order chi connectivity index (χ1) is 8.42. The summed E-state index contributed by atoms with van der Waals surface area (Å²) in [6.45, 7) is 5.02. The fourth-order valence-electron chi connectivity index (χ4n) is 2.37. The van der Waals surface area contributed by atoms with Crippen molar-refractivity contribution in [2.45, 2.75) is 6.42 Å². The predicted molar refractivity (Wildman–Crippen MR) is 69.3 cm³/mol. The highest BCUT2D eigenvalue weighted by molar-refractivity contribution is 5.80. The third-order valence-corrected chi connectivity index (χ3v) is 3.39. The number of para-hydroxylation sites is 1. The van der Waals surface area contributed by atoms with Crippen LogP contribution in [0.3, 0.4) is 0 Å². The molecule has 1 aliphatic heterocycles. The molecule has 2 heterocycles. The van der Waals surface area contributed by atoms with Crippen molar-refractivity contribution in [3.05, 3.63) is 36.0 Å². The number of aromatic amines is 1. The van der Waals surface area contributed by atoms with E-state index in [4.69, 9.17) is 4.74 Å². The number of fused-ring (bicyclic) bond motifs is 1. The van der Waals surface area contributed by atoms with E-state index in [2.05, 4.69) is 40.2 Å². The molecule has 0 amide bonds. The van der Waals surface area contributed by atoms with Crippen LogP contribution in [0.1, 0.15) is 5.69 Å². The Morgan fingerprint density at radius 2 is 2.00 bits per heavy atom. The van der Waals surface area contributed by atoms with Gasteiger partial charge in [-0.15, -0.1) is 0 Å². The molecule has 1 N–H and O–H groups in total. The van der Waals surface area contributed by atoms with E-state index >= 15 is 0 Å². The second-order valence-electron chi connectivity index (χ2n) is 4.59. The lowest BCUT2D eigenvalue weighted by molar-refractivity contribution is 0.0383. The molecule has 17 heavy (non-hydrogen) atoms. The third-order valence-electron chi connectivity index (χ3n) is 3.39. The van der Waals surface area contributed by atoms with Gasteiger partial charge in [0.15, 0.2) is 0 Å². The van der Waals surface area contributed by atoms with Crippen molar-refractivity contribution < 1.29 is 4.74 Å². The van der Waals surface area contributed by atoms with Crippen molar-refractivity contribution in [2.24, 2.45) is 0 Å². The molecule has 0 saturated carbocycles. The number of nitrogens with zero attached hydrogens (tertiary/aromatic N) is 1. The minimum Gasteiger partial charge on any atom is -0.379 e. The second kappa shape index (κ2) is 4.90. The topological polar surface area (TPSA) is 28.3 Å². The number of hydrogen-bond donors (Lipinski definition) is 1. The molecule has 0 radical (unpaired) electrons.